The van der Waals surface area contributed by atoms with E-state index in [0.717, 1.165) is 18.4 Å². The second-order valence-electron chi connectivity index (χ2n) is 7.30. The highest BCUT2D eigenvalue weighted by atomic mass is 32.2. The summed E-state index contributed by atoms with van der Waals surface area (Å²) < 4.78 is 28.4. The first-order valence-electron chi connectivity index (χ1n) is 8.70. The summed E-state index contributed by atoms with van der Waals surface area (Å²) in [5.74, 6) is -0.252. The fourth-order valence-electron chi connectivity index (χ4n) is 2.45. The van der Waals surface area contributed by atoms with Crippen LogP contribution in [-0.4, -0.2) is 25.0 Å². The lowest BCUT2D eigenvalue weighted by Gasteiger charge is -2.24. The molecule has 0 spiro atoms. The second-order valence-corrected chi connectivity index (χ2v) is 9.30. The van der Waals surface area contributed by atoms with Crippen molar-refractivity contribution in [2.45, 2.75) is 57.2 Å². The standard InChI is InChI=1S/C19H26FN3O2S/c1-19(2,3)26(25)23-16(9-6-14-4-7-15(20)8-5-14)10-11-17-12-18(24)22-13-21-17/h4-5,7-8,12-13,16,23H,6,9-11H2,1-3H3,(H,21,22,24)/t16-,26+/m1/s1. The van der Waals surface area contributed by atoms with E-state index < -0.39 is 11.0 Å². The minimum Gasteiger partial charge on any atom is -0.313 e. The Morgan fingerprint density at radius 3 is 2.46 bits per heavy atom. The summed E-state index contributed by atoms with van der Waals surface area (Å²) in [7, 11) is -1.19. The number of benzene rings is 1. The van der Waals surface area contributed by atoms with Crippen LogP contribution in [0.5, 0.6) is 0 Å². The molecule has 1 aromatic carbocycles. The van der Waals surface area contributed by atoms with Crippen LogP contribution >= 0.6 is 0 Å². The molecule has 0 unspecified atom stereocenters. The first-order chi connectivity index (χ1) is 12.2. The lowest BCUT2D eigenvalue weighted by Crippen LogP contribution is -2.40. The molecule has 0 amide bonds. The molecular formula is C19H26FN3O2S. The minimum atomic E-state index is -1.19. The SMILES string of the molecule is CC(C)(C)[S@](=O)N[C@H](CCc1ccc(F)cc1)CCc1cc(=O)[nH]cn1. The molecule has 5 nitrogen and oxygen atoms in total. The number of nitrogens with zero attached hydrogens (tertiary/aromatic N) is 1. The average Bonchev–Trinajstić information content (AvgIpc) is 2.58. The van der Waals surface area contributed by atoms with Gasteiger partial charge in [-0.3, -0.25) is 4.79 Å². The average molecular weight is 380 g/mol. The van der Waals surface area contributed by atoms with Crippen molar-refractivity contribution in [1.29, 1.82) is 0 Å². The van der Waals surface area contributed by atoms with Gasteiger partial charge in [0.1, 0.15) is 5.82 Å². The number of nitrogens with one attached hydrogen (secondary N) is 2. The number of rotatable bonds is 8. The quantitative estimate of drug-likeness (QED) is 0.741. The highest BCUT2D eigenvalue weighted by Gasteiger charge is 2.22. The predicted octanol–water partition coefficient (Wildman–Crippen LogP) is 2.89. The van der Waals surface area contributed by atoms with E-state index in [2.05, 4.69) is 14.7 Å². The maximum Gasteiger partial charge on any atom is 0.250 e. The van der Waals surface area contributed by atoms with Gasteiger partial charge in [-0.15, -0.1) is 0 Å². The third-order valence-corrected chi connectivity index (χ3v) is 5.67. The summed E-state index contributed by atoms with van der Waals surface area (Å²) in [5.41, 5.74) is 1.57. The van der Waals surface area contributed by atoms with Gasteiger partial charge in [-0.1, -0.05) is 12.1 Å². The van der Waals surface area contributed by atoms with E-state index in [0.29, 0.717) is 18.5 Å². The van der Waals surface area contributed by atoms with E-state index in [9.17, 15) is 13.4 Å². The second kappa shape index (κ2) is 9.19. The lowest BCUT2D eigenvalue weighted by molar-refractivity contribution is 0.515. The minimum absolute atomic E-state index is 0.00111. The van der Waals surface area contributed by atoms with E-state index in [1.807, 2.05) is 20.8 Å². The first kappa shape index (κ1) is 20.5. The Bertz CT molecular complexity index is 784. The molecule has 0 saturated carbocycles. The first-order valence-corrected chi connectivity index (χ1v) is 9.85. The molecule has 2 atom stereocenters. The monoisotopic (exact) mass is 379 g/mol. The van der Waals surface area contributed by atoms with Gasteiger partial charge in [-0.25, -0.2) is 18.3 Å². The van der Waals surface area contributed by atoms with Crippen molar-refractivity contribution in [3.63, 3.8) is 0 Å². The zero-order valence-corrected chi connectivity index (χ0v) is 16.2. The Balaban J connectivity index is 2.01. The summed E-state index contributed by atoms with van der Waals surface area (Å²) in [6.45, 7) is 5.77. The van der Waals surface area contributed by atoms with Crippen LogP contribution in [0.3, 0.4) is 0 Å². The lowest BCUT2D eigenvalue weighted by atomic mass is 10.0. The molecule has 26 heavy (non-hydrogen) atoms. The molecule has 0 bridgehead atoms. The van der Waals surface area contributed by atoms with Gasteiger partial charge in [0, 0.05) is 17.8 Å². The molecule has 7 heteroatoms. The summed E-state index contributed by atoms with van der Waals surface area (Å²) >= 11 is 0. The molecule has 0 fully saturated rings. The van der Waals surface area contributed by atoms with Gasteiger partial charge in [0.05, 0.1) is 22.1 Å². The number of aryl methyl sites for hydroxylation is 2. The molecule has 1 heterocycles. The number of hydrogen-bond acceptors (Lipinski definition) is 3. The molecule has 2 N–H and O–H groups in total. The number of halogens is 1. The van der Waals surface area contributed by atoms with E-state index in [-0.39, 0.29) is 22.2 Å². The van der Waals surface area contributed by atoms with Crippen LogP contribution in [0.2, 0.25) is 0 Å². The van der Waals surface area contributed by atoms with Crippen molar-refractivity contribution in [3.05, 3.63) is 64.1 Å². The number of H-pyrrole nitrogens is 1. The zero-order chi connectivity index (χ0) is 19.2. The van der Waals surface area contributed by atoms with E-state index in [1.165, 1.54) is 24.5 Å². The van der Waals surface area contributed by atoms with Crippen LogP contribution in [-0.2, 0) is 23.8 Å². The van der Waals surface area contributed by atoms with E-state index >= 15 is 0 Å². The van der Waals surface area contributed by atoms with Crippen LogP contribution in [0.25, 0.3) is 0 Å². The Morgan fingerprint density at radius 1 is 1.19 bits per heavy atom. The molecule has 142 valence electrons. The van der Waals surface area contributed by atoms with Gasteiger partial charge in [0.2, 0.25) is 0 Å². The molecule has 0 aliphatic heterocycles. The third-order valence-electron chi connectivity index (χ3n) is 4.01. The number of aromatic nitrogens is 2. The van der Waals surface area contributed by atoms with Gasteiger partial charge < -0.3 is 4.98 Å². The zero-order valence-electron chi connectivity index (χ0n) is 15.4. The summed E-state index contributed by atoms with van der Waals surface area (Å²) in [6, 6.07) is 7.92. The predicted molar refractivity (Wildman–Crippen MR) is 103 cm³/mol. The Labute approximate surface area is 156 Å². The van der Waals surface area contributed by atoms with Crippen LogP contribution < -0.4 is 10.3 Å². The van der Waals surface area contributed by atoms with Crippen molar-refractivity contribution < 1.29 is 8.60 Å². The molecule has 0 saturated heterocycles. The molecule has 0 aliphatic carbocycles. The molecule has 0 aliphatic rings. The molecule has 2 rings (SSSR count). The normalized spacial score (nSPS) is 14.2. The molecule has 2 aromatic rings. The van der Waals surface area contributed by atoms with Gasteiger partial charge in [0.15, 0.2) is 0 Å². The maximum atomic E-state index is 13.0. The van der Waals surface area contributed by atoms with Crippen LogP contribution in [0.1, 0.15) is 44.9 Å². The Morgan fingerprint density at radius 2 is 1.85 bits per heavy atom. The Hall–Kier alpha value is -1.86. The number of aromatic amines is 1. The summed E-state index contributed by atoms with van der Waals surface area (Å²) in [6.07, 6.45) is 4.23. The molecule has 1 aromatic heterocycles. The van der Waals surface area contributed by atoms with E-state index in [1.54, 1.807) is 12.1 Å². The van der Waals surface area contributed by atoms with Crippen molar-refractivity contribution in [2.75, 3.05) is 0 Å². The third kappa shape index (κ3) is 6.80. The van der Waals surface area contributed by atoms with Gasteiger partial charge in [0.25, 0.3) is 5.56 Å². The Kier molecular flexibility index (Phi) is 7.23. The van der Waals surface area contributed by atoms with Crippen molar-refractivity contribution in [3.8, 4) is 0 Å². The largest absolute Gasteiger partial charge is 0.313 e. The van der Waals surface area contributed by atoms with Gasteiger partial charge in [-0.05, 0) is 64.2 Å². The van der Waals surface area contributed by atoms with Crippen LogP contribution in [0.15, 0.2) is 41.5 Å². The molecular weight excluding hydrogens is 353 g/mol. The highest BCUT2D eigenvalue weighted by Crippen LogP contribution is 2.15. The van der Waals surface area contributed by atoms with Gasteiger partial charge in [-0.2, -0.15) is 0 Å². The summed E-state index contributed by atoms with van der Waals surface area (Å²) in [5, 5.41) is 0. The van der Waals surface area contributed by atoms with Crippen LogP contribution in [0, 0.1) is 5.82 Å². The smallest absolute Gasteiger partial charge is 0.250 e. The van der Waals surface area contributed by atoms with Gasteiger partial charge >= 0.3 is 0 Å². The maximum absolute atomic E-state index is 13.0. The van der Waals surface area contributed by atoms with E-state index in [4.69, 9.17) is 0 Å². The topological polar surface area (TPSA) is 74.8 Å². The number of hydrogen-bond donors (Lipinski definition) is 2. The highest BCUT2D eigenvalue weighted by molar-refractivity contribution is 7.84. The summed E-state index contributed by atoms with van der Waals surface area (Å²) in [4.78, 5) is 18.1. The van der Waals surface area contributed by atoms with Crippen LogP contribution in [0.4, 0.5) is 4.39 Å². The fraction of sp³-hybridized carbons (Fsp3) is 0.474. The molecule has 0 radical (unpaired) electrons. The fourth-order valence-corrected chi connectivity index (χ4v) is 3.34. The van der Waals surface area contributed by atoms with Crippen molar-refractivity contribution >= 4 is 11.0 Å². The van der Waals surface area contributed by atoms with Crippen molar-refractivity contribution in [1.82, 2.24) is 14.7 Å². The van der Waals surface area contributed by atoms with Crippen molar-refractivity contribution in [2.24, 2.45) is 0 Å².